The lowest BCUT2D eigenvalue weighted by Gasteiger charge is -2.35. The van der Waals surface area contributed by atoms with Crippen LogP contribution in [-0.4, -0.2) is 37.3 Å². The van der Waals surface area contributed by atoms with Gasteiger partial charge in [-0.2, -0.15) is 13.2 Å². The molecule has 2 rings (SSSR count). The molecule has 1 aromatic rings. The molecule has 8 heteroatoms. The van der Waals surface area contributed by atoms with Crippen molar-refractivity contribution in [1.82, 2.24) is 10.2 Å². The minimum atomic E-state index is -4.15. The number of hydrogen-bond donors (Lipinski definition) is 1. The van der Waals surface area contributed by atoms with Crippen LogP contribution in [0.25, 0.3) is 0 Å². The molecular formula is C13H18BrCl2F3N2. The van der Waals surface area contributed by atoms with E-state index in [1.165, 1.54) is 0 Å². The number of nitrogens with one attached hydrogen (secondary N) is 1. The Hall–Kier alpha value is -0.0100. The van der Waals surface area contributed by atoms with Crippen LogP contribution in [0.5, 0.6) is 0 Å². The standard InChI is InChI=1S/C13H16BrF3N2.2ClH/c14-11-3-1-10(2-4-11)12(9-13(15,16)17)19-7-5-18-6-8-19;;/h1-4,12,18H,5-9H2;2*1H/t12-;;/m1../s1. The second-order valence-electron chi connectivity index (χ2n) is 4.67. The Labute approximate surface area is 143 Å². The van der Waals surface area contributed by atoms with E-state index in [2.05, 4.69) is 21.2 Å². The van der Waals surface area contributed by atoms with Crippen LogP contribution < -0.4 is 5.32 Å². The highest BCUT2D eigenvalue weighted by atomic mass is 79.9. The van der Waals surface area contributed by atoms with Crippen molar-refractivity contribution in [1.29, 1.82) is 0 Å². The topological polar surface area (TPSA) is 15.3 Å². The number of nitrogens with zero attached hydrogens (tertiary/aromatic N) is 1. The van der Waals surface area contributed by atoms with Gasteiger partial charge in [-0.05, 0) is 17.7 Å². The van der Waals surface area contributed by atoms with Crippen LogP contribution in [0.1, 0.15) is 18.0 Å². The van der Waals surface area contributed by atoms with Crippen LogP contribution in [0.2, 0.25) is 0 Å². The molecule has 1 heterocycles. The summed E-state index contributed by atoms with van der Waals surface area (Å²) in [5.41, 5.74) is 0.724. The zero-order chi connectivity index (χ0) is 13.9. The van der Waals surface area contributed by atoms with E-state index in [9.17, 15) is 13.2 Å². The van der Waals surface area contributed by atoms with Gasteiger partial charge in [-0.3, -0.25) is 4.90 Å². The second kappa shape index (κ2) is 9.20. The van der Waals surface area contributed by atoms with Crippen molar-refractivity contribution in [2.24, 2.45) is 0 Å². The van der Waals surface area contributed by atoms with Gasteiger partial charge in [-0.15, -0.1) is 24.8 Å². The molecule has 21 heavy (non-hydrogen) atoms. The maximum atomic E-state index is 12.8. The van der Waals surface area contributed by atoms with Gasteiger partial charge < -0.3 is 5.32 Å². The van der Waals surface area contributed by atoms with Crippen molar-refractivity contribution < 1.29 is 13.2 Å². The zero-order valence-corrected chi connectivity index (χ0v) is 14.4. The molecule has 1 saturated heterocycles. The lowest BCUT2D eigenvalue weighted by Crippen LogP contribution is -2.46. The summed E-state index contributed by atoms with van der Waals surface area (Å²) in [4.78, 5) is 1.91. The molecule has 0 amide bonds. The van der Waals surface area contributed by atoms with Crippen LogP contribution in [0.15, 0.2) is 28.7 Å². The first-order valence-corrected chi connectivity index (χ1v) is 7.02. The molecule has 0 saturated carbocycles. The summed E-state index contributed by atoms with van der Waals surface area (Å²) in [7, 11) is 0. The second-order valence-corrected chi connectivity index (χ2v) is 5.59. The molecule has 1 aliphatic rings. The van der Waals surface area contributed by atoms with Crippen LogP contribution in [-0.2, 0) is 0 Å². The number of rotatable bonds is 3. The molecule has 0 aliphatic carbocycles. The maximum absolute atomic E-state index is 12.8. The first-order chi connectivity index (χ1) is 8.96. The summed E-state index contributed by atoms with van der Waals surface area (Å²) in [5, 5.41) is 3.16. The average Bonchev–Trinajstić information content (AvgIpc) is 2.37. The number of piperazine rings is 1. The SMILES string of the molecule is Cl.Cl.FC(F)(F)C[C@H](c1ccc(Br)cc1)N1CCNCC1. The van der Waals surface area contributed by atoms with Crippen LogP contribution in [0.3, 0.4) is 0 Å². The van der Waals surface area contributed by atoms with Gasteiger partial charge in [-0.1, -0.05) is 28.1 Å². The lowest BCUT2D eigenvalue weighted by molar-refractivity contribution is -0.148. The summed E-state index contributed by atoms with van der Waals surface area (Å²) in [6.45, 7) is 2.78. The summed E-state index contributed by atoms with van der Waals surface area (Å²) in [5.74, 6) is 0. The molecule has 2 nitrogen and oxygen atoms in total. The fraction of sp³-hybridized carbons (Fsp3) is 0.538. The third-order valence-electron chi connectivity index (χ3n) is 3.27. The van der Waals surface area contributed by atoms with Gasteiger partial charge in [0.25, 0.3) is 0 Å². The monoisotopic (exact) mass is 408 g/mol. The number of hydrogen-bond acceptors (Lipinski definition) is 2. The summed E-state index contributed by atoms with van der Waals surface area (Å²) >= 11 is 3.31. The summed E-state index contributed by atoms with van der Waals surface area (Å²) < 4.78 is 39.2. The first-order valence-electron chi connectivity index (χ1n) is 6.23. The Kier molecular flexibility index (Phi) is 9.20. The maximum Gasteiger partial charge on any atom is 0.390 e. The number of alkyl halides is 3. The van der Waals surface area contributed by atoms with Gasteiger partial charge in [0.05, 0.1) is 6.42 Å². The van der Waals surface area contributed by atoms with Gasteiger partial charge >= 0.3 is 6.18 Å². The molecule has 1 fully saturated rings. The Balaban J connectivity index is 0.00000200. The van der Waals surface area contributed by atoms with E-state index in [1.54, 1.807) is 24.3 Å². The van der Waals surface area contributed by atoms with Gasteiger partial charge in [0.15, 0.2) is 0 Å². The third-order valence-corrected chi connectivity index (χ3v) is 3.80. The Morgan fingerprint density at radius 3 is 2.10 bits per heavy atom. The number of halogens is 6. The molecule has 0 aromatic heterocycles. The molecular weight excluding hydrogens is 392 g/mol. The van der Waals surface area contributed by atoms with Gasteiger partial charge in [0.2, 0.25) is 0 Å². The lowest BCUT2D eigenvalue weighted by atomic mass is 10.0. The molecule has 122 valence electrons. The molecule has 0 radical (unpaired) electrons. The van der Waals surface area contributed by atoms with Gasteiger partial charge in [0, 0.05) is 36.7 Å². The Bertz CT molecular complexity index is 409. The van der Waals surface area contributed by atoms with E-state index >= 15 is 0 Å². The predicted molar refractivity (Wildman–Crippen MR) is 86.5 cm³/mol. The minimum absolute atomic E-state index is 0. The summed E-state index contributed by atoms with van der Waals surface area (Å²) in [6.07, 6.45) is -4.95. The van der Waals surface area contributed by atoms with E-state index in [1.807, 2.05) is 4.90 Å². The van der Waals surface area contributed by atoms with Crippen molar-refractivity contribution in [3.63, 3.8) is 0 Å². The highest BCUT2D eigenvalue weighted by molar-refractivity contribution is 9.10. The minimum Gasteiger partial charge on any atom is -0.314 e. The van der Waals surface area contributed by atoms with Crippen molar-refractivity contribution in [3.8, 4) is 0 Å². The first kappa shape index (κ1) is 21.0. The molecule has 1 N–H and O–H groups in total. The Morgan fingerprint density at radius 1 is 1.10 bits per heavy atom. The van der Waals surface area contributed by atoms with Crippen molar-refractivity contribution in [3.05, 3.63) is 34.3 Å². The zero-order valence-electron chi connectivity index (χ0n) is 11.2. The molecule has 1 aromatic carbocycles. The van der Waals surface area contributed by atoms with Crippen LogP contribution in [0, 0.1) is 0 Å². The van der Waals surface area contributed by atoms with Gasteiger partial charge in [-0.25, -0.2) is 0 Å². The normalized spacial score (nSPS) is 17.5. The van der Waals surface area contributed by atoms with Crippen LogP contribution >= 0.6 is 40.7 Å². The van der Waals surface area contributed by atoms with Crippen molar-refractivity contribution in [2.45, 2.75) is 18.6 Å². The fourth-order valence-electron chi connectivity index (χ4n) is 2.36. The van der Waals surface area contributed by atoms with Crippen LogP contribution in [0.4, 0.5) is 13.2 Å². The van der Waals surface area contributed by atoms with E-state index < -0.39 is 18.6 Å². The molecule has 0 spiro atoms. The average molecular weight is 410 g/mol. The van der Waals surface area contributed by atoms with Crippen molar-refractivity contribution >= 4 is 40.7 Å². The van der Waals surface area contributed by atoms with E-state index in [4.69, 9.17) is 0 Å². The molecule has 0 bridgehead atoms. The van der Waals surface area contributed by atoms with E-state index in [-0.39, 0.29) is 24.8 Å². The smallest absolute Gasteiger partial charge is 0.314 e. The van der Waals surface area contributed by atoms with E-state index in [0.717, 1.165) is 23.1 Å². The van der Waals surface area contributed by atoms with Crippen molar-refractivity contribution in [2.75, 3.05) is 26.2 Å². The quantitative estimate of drug-likeness (QED) is 0.805. The summed E-state index contributed by atoms with van der Waals surface area (Å²) in [6, 6.07) is 6.53. The molecule has 1 aliphatic heterocycles. The van der Waals surface area contributed by atoms with Gasteiger partial charge in [0.1, 0.15) is 0 Å². The highest BCUT2D eigenvalue weighted by Gasteiger charge is 2.35. The predicted octanol–water partition coefficient (Wildman–Crippen LogP) is 4.19. The third kappa shape index (κ3) is 6.74. The Morgan fingerprint density at radius 2 is 1.62 bits per heavy atom. The highest BCUT2D eigenvalue weighted by Crippen LogP contribution is 2.34. The largest absolute Gasteiger partial charge is 0.390 e. The molecule has 0 unspecified atom stereocenters. The number of benzene rings is 1. The fourth-order valence-corrected chi connectivity index (χ4v) is 2.62. The molecule has 1 atom stereocenters. The van der Waals surface area contributed by atoms with E-state index in [0.29, 0.717) is 13.1 Å².